The number of hydrogen-bond acceptors (Lipinski definition) is 2. The number of aliphatic hydroxyl groups is 1. The molecule has 0 saturated carbocycles. The van der Waals surface area contributed by atoms with Crippen molar-refractivity contribution < 1.29 is 5.11 Å². The Hall–Kier alpha value is -1.51. The zero-order chi connectivity index (χ0) is 14.4. The van der Waals surface area contributed by atoms with Crippen LogP contribution in [0, 0.1) is 0 Å². The van der Waals surface area contributed by atoms with E-state index in [0.29, 0.717) is 6.42 Å². The Kier molecular flexibility index (Phi) is 5.45. The van der Waals surface area contributed by atoms with E-state index in [4.69, 9.17) is 16.7 Å². The van der Waals surface area contributed by atoms with E-state index in [1.807, 2.05) is 30.3 Å². The molecular weight excluding hydrogens is 270 g/mol. The van der Waals surface area contributed by atoms with Crippen LogP contribution in [0.25, 0.3) is 0 Å². The first-order valence-corrected chi connectivity index (χ1v) is 7.32. The van der Waals surface area contributed by atoms with E-state index in [2.05, 4.69) is 30.4 Å². The quantitative estimate of drug-likeness (QED) is 0.824. The Morgan fingerprint density at radius 3 is 2.50 bits per heavy atom. The van der Waals surface area contributed by atoms with Gasteiger partial charge in [0.1, 0.15) is 0 Å². The molecule has 1 atom stereocenters. The summed E-state index contributed by atoms with van der Waals surface area (Å²) >= 11 is 6.05. The lowest BCUT2D eigenvalue weighted by atomic mass is 10.0. The molecular formula is C17H20ClNO. The molecule has 2 rings (SSSR count). The van der Waals surface area contributed by atoms with Crippen molar-refractivity contribution in [3.8, 4) is 0 Å². The first-order chi connectivity index (χ1) is 9.72. The molecule has 2 aromatic carbocycles. The summed E-state index contributed by atoms with van der Waals surface area (Å²) in [5.41, 5.74) is 3.42. The highest BCUT2D eigenvalue weighted by molar-refractivity contribution is 6.30. The van der Waals surface area contributed by atoms with Gasteiger partial charge in [0, 0.05) is 17.3 Å². The molecule has 0 heterocycles. The highest BCUT2D eigenvalue weighted by atomic mass is 35.5. The molecule has 2 nitrogen and oxygen atoms in total. The lowest BCUT2D eigenvalue weighted by Crippen LogP contribution is -2.09. The number of halogens is 1. The molecule has 1 unspecified atom stereocenters. The third kappa shape index (κ3) is 3.99. The molecule has 0 aromatic heterocycles. The predicted molar refractivity (Wildman–Crippen MR) is 85.3 cm³/mol. The summed E-state index contributed by atoms with van der Waals surface area (Å²) in [4.78, 5) is 0. The summed E-state index contributed by atoms with van der Waals surface area (Å²) < 4.78 is 0. The molecule has 2 N–H and O–H groups in total. The zero-order valence-corrected chi connectivity index (χ0v) is 12.4. The summed E-state index contributed by atoms with van der Waals surface area (Å²) in [7, 11) is 0. The molecule has 0 bridgehead atoms. The van der Waals surface area contributed by atoms with Crippen molar-refractivity contribution in [2.45, 2.75) is 25.8 Å². The molecule has 0 amide bonds. The van der Waals surface area contributed by atoms with Gasteiger partial charge in [-0.3, -0.25) is 0 Å². The Morgan fingerprint density at radius 2 is 1.90 bits per heavy atom. The average molecular weight is 290 g/mol. The second-order valence-corrected chi connectivity index (χ2v) is 5.27. The van der Waals surface area contributed by atoms with Crippen molar-refractivity contribution in [1.82, 2.24) is 0 Å². The van der Waals surface area contributed by atoms with Crippen LogP contribution in [0.4, 0.5) is 5.69 Å². The average Bonchev–Trinajstić information content (AvgIpc) is 2.47. The van der Waals surface area contributed by atoms with E-state index in [9.17, 15) is 0 Å². The second-order valence-electron chi connectivity index (χ2n) is 4.83. The van der Waals surface area contributed by atoms with Crippen LogP contribution in [0.5, 0.6) is 0 Å². The van der Waals surface area contributed by atoms with Crippen molar-refractivity contribution in [2.24, 2.45) is 0 Å². The highest BCUT2D eigenvalue weighted by Crippen LogP contribution is 2.24. The molecule has 106 valence electrons. The van der Waals surface area contributed by atoms with E-state index in [1.165, 1.54) is 5.56 Å². The number of anilines is 1. The van der Waals surface area contributed by atoms with E-state index >= 15 is 0 Å². The minimum atomic E-state index is 0.187. The summed E-state index contributed by atoms with van der Waals surface area (Å²) in [6.45, 7) is 2.34. The number of nitrogens with one attached hydrogen (secondary N) is 1. The van der Waals surface area contributed by atoms with Gasteiger partial charge < -0.3 is 10.4 Å². The van der Waals surface area contributed by atoms with Crippen molar-refractivity contribution in [3.63, 3.8) is 0 Å². The normalized spacial score (nSPS) is 12.2. The minimum Gasteiger partial charge on any atom is -0.396 e. The molecule has 0 radical (unpaired) electrons. The summed E-state index contributed by atoms with van der Waals surface area (Å²) in [5.74, 6) is 0. The van der Waals surface area contributed by atoms with Crippen LogP contribution in [0.1, 0.15) is 30.5 Å². The van der Waals surface area contributed by atoms with Gasteiger partial charge in [-0.05, 0) is 48.2 Å². The van der Waals surface area contributed by atoms with Gasteiger partial charge in [0.25, 0.3) is 0 Å². The number of rotatable bonds is 6. The van der Waals surface area contributed by atoms with Crippen molar-refractivity contribution in [2.75, 3.05) is 11.9 Å². The Labute approximate surface area is 125 Å². The smallest absolute Gasteiger partial charge is 0.0511 e. The van der Waals surface area contributed by atoms with Crippen LogP contribution in [0.2, 0.25) is 5.02 Å². The molecule has 0 aliphatic heterocycles. The first-order valence-electron chi connectivity index (χ1n) is 6.94. The maximum Gasteiger partial charge on any atom is 0.0511 e. The first kappa shape index (κ1) is 14.9. The Balaban J connectivity index is 2.09. The van der Waals surface area contributed by atoms with Crippen LogP contribution in [-0.2, 0) is 6.42 Å². The fourth-order valence-electron chi connectivity index (χ4n) is 2.24. The number of benzene rings is 2. The maximum absolute atomic E-state index is 8.92. The topological polar surface area (TPSA) is 32.3 Å². The van der Waals surface area contributed by atoms with Gasteiger partial charge in [0.05, 0.1) is 6.04 Å². The molecule has 0 spiro atoms. The summed E-state index contributed by atoms with van der Waals surface area (Å²) in [5, 5.41) is 13.2. The molecule has 0 aliphatic rings. The fraction of sp³-hybridized carbons (Fsp3) is 0.294. The number of hydrogen-bond donors (Lipinski definition) is 2. The SMILES string of the molecule is CCC(Nc1ccc(CCO)cc1)c1cccc(Cl)c1. The maximum atomic E-state index is 8.92. The molecule has 2 aromatic rings. The molecule has 0 fully saturated rings. The zero-order valence-electron chi connectivity index (χ0n) is 11.6. The van der Waals surface area contributed by atoms with E-state index in [-0.39, 0.29) is 12.6 Å². The van der Waals surface area contributed by atoms with Gasteiger partial charge in [-0.2, -0.15) is 0 Å². The van der Waals surface area contributed by atoms with Crippen LogP contribution in [-0.4, -0.2) is 11.7 Å². The van der Waals surface area contributed by atoms with E-state index in [0.717, 1.165) is 22.7 Å². The Morgan fingerprint density at radius 1 is 1.15 bits per heavy atom. The van der Waals surface area contributed by atoms with Gasteiger partial charge in [-0.15, -0.1) is 0 Å². The van der Waals surface area contributed by atoms with Crippen LogP contribution in [0.15, 0.2) is 48.5 Å². The van der Waals surface area contributed by atoms with Gasteiger partial charge in [-0.1, -0.05) is 42.8 Å². The van der Waals surface area contributed by atoms with Crippen LogP contribution >= 0.6 is 11.6 Å². The summed E-state index contributed by atoms with van der Waals surface area (Å²) in [6.07, 6.45) is 1.69. The monoisotopic (exact) mass is 289 g/mol. The van der Waals surface area contributed by atoms with Gasteiger partial charge in [0.15, 0.2) is 0 Å². The van der Waals surface area contributed by atoms with Crippen LogP contribution in [0.3, 0.4) is 0 Å². The summed E-state index contributed by atoms with van der Waals surface area (Å²) in [6, 6.07) is 16.4. The van der Waals surface area contributed by atoms with Crippen molar-refractivity contribution >= 4 is 17.3 Å². The molecule has 0 aliphatic carbocycles. The van der Waals surface area contributed by atoms with Crippen LogP contribution < -0.4 is 5.32 Å². The van der Waals surface area contributed by atoms with E-state index < -0.39 is 0 Å². The molecule has 0 saturated heterocycles. The third-order valence-electron chi connectivity index (χ3n) is 3.35. The predicted octanol–water partition coefficient (Wildman–Crippen LogP) is 4.44. The van der Waals surface area contributed by atoms with Crippen molar-refractivity contribution in [1.29, 1.82) is 0 Å². The third-order valence-corrected chi connectivity index (χ3v) is 3.59. The lowest BCUT2D eigenvalue weighted by molar-refractivity contribution is 0.299. The second kappa shape index (κ2) is 7.32. The van der Waals surface area contributed by atoms with Gasteiger partial charge in [0.2, 0.25) is 0 Å². The standard InChI is InChI=1S/C17H20ClNO/c1-2-17(14-4-3-5-15(18)12-14)19-16-8-6-13(7-9-16)10-11-20/h3-9,12,17,19-20H,2,10-11H2,1H3. The van der Waals surface area contributed by atoms with Crippen molar-refractivity contribution in [3.05, 3.63) is 64.7 Å². The number of aliphatic hydroxyl groups excluding tert-OH is 1. The lowest BCUT2D eigenvalue weighted by Gasteiger charge is -2.19. The molecule has 20 heavy (non-hydrogen) atoms. The fourth-order valence-corrected chi connectivity index (χ4v) is 2.44. The largest absolute Gasteiger partial charge is 0.396 e. The van der Waals surface area contributed by atoms with Gasteiger partial charge in [-0.25, -0.2) is 0 Å². The minimum absolute atomic E-state index is 0.187. The Bertz CT molecular complexity index is 539. The van der Waals surface area contributed by atoms with Gasteiger partial charge >= 0.3 is 0 Å². The molecule has 3 heteroatoms. The highest BCUT2D eigenvalue weighted by Gasteiger charge is 2.09. The van der Waals surface area contributed by atoms with E-state index in [1.54, 1.807) is 0 Å².